The molecule has 0 aliphatic heterocycles. The zero-order valence-corrected chi connectivity index (χ0v) is 34.2. The van der Waals surface area contributed by atoms with Gasteiger partial charge in [-0.2, -0.15) is 0 Å². The summed E-state index contributed by atoms with van der Waals surface area (Å²) in [5, 5.41) is 0. The molecule has 51 heavy (non-hydrogen) atoms. The van der Waals surface area contributed by atoms with Crippen molar-refractivity contribution in [3.05, 3.63) is 24.3 Å². The third-order valence-corrected chi connectivity index (χ3v) is 10.1. The minimum absolute atomic E-state index is 0.0939. The van der Waals surface area contributed by atoms with Crippen molar-refractivity contribution in [1.82, 2.24) is 0 Å². The Balaban J connectivity index is 3.91. The number of carbonyl (C=O) groups excluding carboxylic acids is 1. The van der Waals surface area contributed by atoms with Crippen LogP contribution >= 0.6 is 7.82 Å². The SMILES string of the molecule is CCCCCCC/C=C\C/C=C\CCCCCCCCCCCCCC(=O)OC(COCCCCCCCCCCC)COP(=O)(O)OCCN. The Morgan fingerprint density at radius 2 is 1.04 bits per heavy atom. The number of unbranched alkanes of at least 4 members (excludes halogenated alkanes) is 24. The van der Waals surface area contributed by atoms with Crippen molar-refractivity contribution in [3.63, 3.8) is 0 Å². The van der Waals surface area contributed by atoms with Gasteiger partial charge in [0, 0.05) is 19.6 Å². The van der Waals surface area contributed by atoms with Gasteiger partial charge < -0.3 is 20.1 Å². The zero-order chi connectivity index (χ0) is 37.4. The summed E-state index contributed by atoms with van der Waals surface area (Å²) in [6.45, 7) is 4.91. The molecule has 302 valence electrons. The van der Waals surface area contributed by atoms with Crippen molar-refractivity contribution in [3.8, 4) is 0 Å². The van der Waals surface area contributed by atoms with Gasteiger partial charge in [0.15, 0.2) is 0 Å². The molecule has 0 rings (SSSR count). The normalized spacial score (nSPS) is 13.7. The summed E-state index contributed by atoms with van der Waals surface area (Å²) >= 11 is 0. The van der Waals surface area contributed by atoms with E-state index in [2.05, 4.69) is 38.2 Å². The van der Waals surface area contributed by atoms with Crippen LogP contribution in [0.2, 0.25) is 0 Å². The van der Waals surface area contributed by atoms with Crippen LogP contribution in [0.4, 0.5) is 0 Å². The van der Waals surface area contributed by atoms with E-state index in [4.69, 9.17) is 24.3 Å². The lowest BCUT2D eigenvalue weighted by Gasteiger charge is -2.20. The number of hydrogen-bond acceptors (Lipinski definition) is 7. The number of rotatable bonds is 41. The number of phosphoric acid groups is 1. The van der Waals surface area contributed by atoms with Gasteiger partial charge in [-0.1, -0.05) is 173 Å². The van der Waals surface area contributed by atoms with E-state index in [1.165, 1.54) is 141 Å². The first-order valence-corrected chi connectivity index (χ1v) is 22.8. The standard InChI is InChI=1S/C42H82NO7P/c1-3-5-7-9-11-13-14-15-16-17-18-19-20-21-22-23-24-25-26-27-29-31-33-35-42(44)50-41(40-49-51(45,46)48-38-36-43)39-47-37-34-32-30-28-12-10-8-6-4-2/h14-15,17-18,41H,3-13,16,19-40,43H2,1-2H3,(H,45,46)/b15-14-,18-17-. The van der Waals surface area contributed by atoms with Crippen molar-refractivity contribution in [2.75, 3.05) is 33.0 Å². The summed E-state index contributed by atoms with van der Waals surface area (Å²) in [4.78, 5) is 22.4. The van der Waals surface area contributed by atoms with Crippen LogP contribution in [-0.2, 0) is 27.9 Å². The van der Waals surface area contributed by atoms with Crippen LogP contribution in [0.5, 0.6) is 0 Å². The lowest BCUT2D eigenvalue weighted by molar-refractivity contribution is -0.154. The molecule has 0 fully saturated rings. The summed E-state index contributed by atoms with van der Waals surface area (Å²) in [5.41, 5.74) is 5.35. The monoisotopic (exact) mass is 744 g/mol. The van der Waals surface area contributed by atoms with Crippen LogP contribution in [0, 0.1) is 0 Å². The maximum Gasteiger partial charge on any atom is 0.472 e. The largest absolute Gasteiger partial charge is 0.472 e. The molecule has 0 saturated carbocycles. The summed E-state index contributed by atoms with van der Waals surface area (Å²) in [6, 6.07) is 0. The lowest BCUT2D eigenvalue weighted by atomic mass is 10.0. The third kappa shape index (κ3) is 40.0. The fourth-order valence-electron chi connectivity index (χ4n) is 5.97. The molecule has 0 aliphatic carbocycles. The van der Waals surface area contributed by atoms with E-state index in [0.717, 1.165) is 38.5 Å². The molecule has 0 saturated heterocycles. The number of phosphoric ester groups is 1. The van der Waals surface area contributed by atoms with Crippen LogP contribution in [0.15, 0.2) is 24.3 Å². The molecule has 8 nitrogen and oxygen atoms in total. The Labute approximate surface area is 315 Å². The second-order valence-corrected chi connectivity index (χ2v) is 15.7. The Morgan fingerprint density at radius 3 is 1.53 bits per heavy atom. The third-order valence-electron chi connectivity index (χ3n) is 9.12. The number of nitrogens with two attached hydrogens (primary N) is 1. The van der Waals surface area contributed by atoms with Gasteiger partial charge in [-0.15, -0.1) is 0 Å². The molecule has 2 atom stereocenters. The Kier molecular flexibility index (Phi) is 39.4. The van der Waals surface area contributed by atoms with Gasteiger partial charge in [0.25, 0.3) is 0 Å². The molecule has 0 spiro atoms. The highest BCUT2D eigenvalue weighted by Crippen LogP contribution is 2.43. The molecular weight excluding hydrogens is 661 g/mol. The van der Waals surface area contributed by atoms with Crippen molar-refractivity contribution in [2.24, 2.45) is 5.73 Å². The average Bonchev–Trinajstić information content (AvgIpc) is 3.12. The maximum atomic E-state index is 12.5. The highest BCUT2D eigenvalue weighted by molar-refractivity contribution is 7.47. The fourth-order valence-corrected chi connectivity index (χ4v) is 6.73. The van der Waals surface area contributed by atoms with Gasteiger partial charge >= 0.3 is 13.8 Å². The topological polar surface area (TPSA) is 117 Å². The van der Waals surface area contributed by atoms with E-state index >= 15 is 0 Å². The van der Waals surface area contributed by atoms with Gasteiger partial charge in [-0.25, -0.2) is 4.57 Å². The smallest absolute Gasteiger partial charge is 0.457 e. The molecule has 3 N–H and O–H groups in total. The number of allylic oxidation sites excluding steroid dienone is 4. The Morgan fingerprint density at radius 1 is 0.588 bits per heavy atom. The molecule has 9 heteroatoms. The zero-order valence-electron chi connectivity index (χ0n) is 33.3. The van der Waals surface area contributed by atoms with Crippen molar-refractivity contribution in [2.45, 2.75) is 206 Å². The van der Waals surface area contributed by atoms with Gasteiger partial charge in [0.2, 0.25) is 0 Å². The number of carbonyl (C=O) groups is 1. The van der Waals surface area contributed by atoms with Gasteiger partial charge in [0.1, 0.15) is 6.10 Å². The highest BCUT2D eigenvalue weighted by atomic mass is 31.2. The van der Waals surface area contributed by atoms with Crippen molar-refractivity contribution < 1.29 is 32.8 Å². The summed E-state index contributed by atoms with van der Waals surface area (Å²) in [5.74, 6) is -0.332. The Bertz CT molecular complexity index is 838. The quantitative estimate of drug-likeness (QED) is 0.0275. The molecule has 0 aromatic carbocycles. The molecule has 0 heterocycles. The lowest BCUT2D eigenvalue weighted by Crippen LogP contribution is -2.28. The number of hydrogen-bond donors (Lipinski definition) is 2. The second-order valence-electron chi connectivity index (χ2n) is 14.2. The molecule has 0 aromatic rings. The van der Waals surface area contributed by atoms with E-state index < -0.39 is 13.9 Å². The molecule has 0 aliphatic rings. The summed E-state index contributed by atoms with van der Waals surface area (Å²) < 4.78 is 33.3. The van der Waals surface area contributed by atoms with E-state index in [1.807, 2.05) is 0 Å². The van der Waals surface area contributed by atoms with Gasteiger partial charge in [-0.3, -0.25) is 13.8 Å². The van der Waals surface area contributed by atoms with E-state index in [0.29, 0.717) is 13.0 Å². The first-order valence-electron chi connectivity index (χ1n) is 21.3. The fraction of sp³-hybridized carbons (Fsp3) is 0.881. The van der Waals surface area contributed by atoms with Gasteiger partial charge in [-0.05, 0) is 44.9 Å². The van der Waals surface area contributed by atoms with Crippen LogP contribution in [0.25, 0.3) is 0 Å². The molecule has 2 unspecified atom stereocenters. The predicted octanol–water partition coefficient (Wildman–Crippen LogP) is 12.5. The van der Waals surface area contributed by atoms with Gasteiger partial charge in [0.05, 0.1) is 19.8 Å². The average molecular weight is 744 g/mol. The molecule has 0 bridgehead atoms. The van der Waals surface area contributed by atoms with Crippen LogP contribution in [-0.4, -0.2) is 49.9 Å². The van der Waals surface area contributed by atoms with Crippen LogP contribution in [0.3, 0.4) is 0 Å². The minimum Gasteiger partial charge on any atom is -0.457 e. The molecule has 0 radical (unpaired) electrons. The number of esters is 1. The molecule has 0 amide bonds. The summed E-state index contributed by atoms with van der Waals surface area (Å²) in [7, 11) is -4.27. The molecule has 0 aromatic heterocycles. The van der Waals surface area contributed by atoms with E-state index in [-0.39, 0.29) is 32.3 Å². The van der Waals surface area contributed by atoms with Crippen LogP contribution < -0.4 is 5.73 Å². The van der Waals surface area contributed by atoms with Crippen molar-refractivity contribution in [1.29, 1.82) is 0 Å². The number of ether oxygens (including phenoxy) is 2. The van der Waals surface area contributed by atoms with E-state index in [9.17, 15) is 14.3 Å². The molecular formula is C42H82NO7P. The van der Waals surface area contributed by atoms with E-state index in [1.54, 1.807) is 0 Å². The first-order chi connectivity index (χ1) is 24.9. The second kappa shape index (κ2) is 40.2. The summed E-state index contributed by atoms with van der Waals surface area (Å²) in [6.07, 6.45) is 43.4. The Hall–Kier alpha value is -1.02. The first kappa shape index (κ1) is 50.0. The highest BCUT2D eigenvalue weighted by Gasteiger charge is 2.25. The van der Waals surface area contributed by atoms with Crippen molar-refractivity contribution >= 4 is 13.8 Å². The van der Waals surface area contributed by atoms with Crippen LogP contribution in [0.1, 0.15) is 200 Å². The predicted molar refractivity (Wildman–Crippen MR) is 215 cm³/mol. The minimum atomic E-state index is -4.27. The maximum absolute atomic E-state index is 12.5.